The topological polar surface area (TPSA) is 297 Å². The standard InChI is InChI=1S/C16H18O17.2K.2H/c17-6(12(27)33-16(14(30)31,4-9(22)23)5-10(24)25)1-11(26)32-15(13(28)29,2-7(18)19)3-8(20)21;;;;/h6,17H,1-5H2,(H,18,19)(H,20,21)(H,22,23)(H,24,25)(H,28,29)(H,30,31);;;;. The molecule has 0 saturated heterocycles. The molecule has 0 bridgehead atoms. The molecule has 19 heteroatoms. The summed E-state index contributed by atoms with van der Waals surface area (Å²) in [6.45, 7) is 0. The molecule has 0 fully saturated rings. The van der Waals surface area contributed by atoms with E-state index in [0.717, 1.165) is 0 Å². The second kappa shape index (κ2) is 16.7. The zero-order valence-corrected chi connectivity index (χ0v) is 16.3. The van der Waals surface area contributed by atoms with E-state index in [2.05, 4.69) is 9.47 Å². The molecule has 188 valence electrons. The zero-order chi connectivity index (χ0) is 26.1. The van der Waals surface area contributed by atoms with Gasteiger partial charge in [-0.25, -0.2) is 14.4 Å². The van der Waals surface area contributed by atoms with E-state index >= 15 is 0 Å². The van der Waals surface area contributed by atoms with Crippen LogP contribution in [0.4, 0.5) is 0 Å². The van der Waals surface area contributed by atoms with Gasteiger partial charge in [0.15, 0.2) is 6.10 Å². The van der Waals surface area contributed by atoms with Gasteiger partial charge in [-0.1, -0.05) is 0 Å². The van der Waals surface area contributed by atoms with E-state index < -0.39 is 97.2 Å². The number of ether oxygens (including phenoxy) is 2. The number of hydrogen-bond donors (Lipinski definition) is 7. The van der Waals surface area contributed by atoms with Gasteiger partial charge in [-0.15, -0.1) is 0 Å². The van der Waals surface area contributed by atoms with Gasteiger partial charge in [-0.05, 0) is 0 Å². The first-order valence-electron chi connectivity index (χ1n) is 8.43. The van der Waals surface area contributed by atoms with Gasteiger partial charge >= 0.3 is 151 Å². The predicted molar refractivity (Wildman–Crippen MR) is 107 cm³/mol. The number of carboxylic acids is 6. The molecule has 0 spiro atoms. The van der Waals surface area contributed by atoms with E-state index in [9.17, 15) is 43.5 Å². The second-order valence-electron chi connectivity index (χ2n) is 6.50. The molecule has 0 aromatic heterocycles. The molecule has 35 heavy (non-hydrogen) atoms. The normalized spacial score (nSPS) is 11.5. The van der Waals surface area contributed by atoms with Crippen molar-refractivity contribution < 1.29 is 83.6 Å². The number of carbonyl (C=O) groups is 8. The van der Waals surface area contributed by atoms with Crippen LogP contribution in [-0.2, 0) is 47.8 Å². The summed E-state index contributed by atoms with van der Waals surface area (Å²) in [6.07, 6.45) is -10.4. The van der Waals surface area contributed by atoms with E-state index in [1.807, 2.05) is 0 Å². The second-order valence-corrected chi connectivity index (χ2v) is 6.50. The Bertz CT molecular complexity index is 834. The molecule has 0 aliphatic rings. The average Bonchev–Trinajstić information content (AvgIpc) is 2.58. The van der Waals surface area contributed by atoms with Crippen LogP contribution in [0.5, 0.6) is 0 Å². The molecule has 1 atom stereocenters. The zero-order valence-electron chi connectivity index (χ0n) is 16.3. The molecule has 0 saturated carbocycles. The van der Waals surface area contributed by atoms with Crippen molar-refractivity contribution in [3.8, 4) is 0 Å². The van der Waals surface area contributed by atoms with E-state index in [1.165, 1.54) is 0 Å². The van der Waals surface area contributed by atoms with Crippen molar-refractivity contribution in [2.45, 2.75) is 49.4 Å². The van der Waals surface area contributed by atoms with Gasteiger partial charge in [-0.2, -0.15) is 0 Å². The van der Waals surface area contributed by atoms with Crippen molar-refractivity contribution in [3.05, 3.63) is 0 Å². The van der Waals surface area contributed by atoms with Gasteiger partial charge < -0.3 is 45.2 Å². The number of carbonyl (C=O) groups excluding carboxylic acids is 2. The first kappa shape index (κ1) is 38.5. The summed E-state index contributed by atoms with van der Waals surface area (Å²) < 4.78 is 8.70. The summed E-state index contributed by atoms with van der Waals surface area (Å²) in [5.41, 5.74) is -6.34. The molecule has 7 N–H and O–H groups in total. The summed E-state index contributed by atoms with van der Waals surface area (Å²) >= 11 is 0. The third-order valence-electron chi connectivity index (χ3n) is 3.76. The maximum absolute atomic E-state index is 12.0. The number of aliphatic hydroxyl groups excluding tert-OH is 1. The van der Waals surface area contributed by atoms with Crippen LogP contribution in [0, 0.1) is 0 Å². The summed E-state index contributed by atoms with van der Waals surface area (Å²) in [7, 11) is 0. The SMILES string of the molecule is O=C(O)CC(CC(=O)O)(OC(=O)CC(O)C(=O)OC(CC(=O)O)(CC(=O)O)C(=O)O)C(=O)O.[KH].[KH]. The van der Waals surface area contributed by atoms with Crippen LogP contribution >= 0.6 is 0 Å². The van der Waals surface area contributed by atoms with Crippen LogP contribution in [-0.4, -0.2) is 204 Å². The number of aliphatic hydroxyl groups is 1. The predicted octanol–water partition coefficient (Wildman–Crippen LogP) is -3.93. The van der Waals surface area contributed by atoms with Crippen LogP contribution in [0.2, 0.25) is 0 Å². The van der Waals surface area contributed by atoms with E-state index in [0.29, 0.717) is 0 Å². The van der Waals surface area contributed by atoms with Gasteiger partial charge in [0.05, 0.1) is 32.1 Å². The molecule has 0 radical (unpaired) electrons. The summed E-state index contributed by atoms with van der Waals surface area (Å²) in [6, 6.07) is 0. The van der Waals surface area contributed by atoms with E-state index in [1.54, 1.807) is 0 Å². The van der Waals surface area contributed by atoms with Crippen LogP contribution in [0.25, 0.3) is 0 Å². The van der Waals surface area contributed by atoms with Gasteiger partial charge in [-0.3, -0.25) is 24.0 Å². The molecule has 17 nitrogen and oxygen atoms in total. The maximum atomic E-state index is 12.0. The molecule has 0 aliphatic carbocycles. The Hall–Kier alpha value is -1.01. The van der Waals surface area contributed by atoms with E-state index in [-0.39, 0.29) is 103 Å². The van der Waals surface area contributed by atoms with E-state index in [4.69, 9.17) is 30.6 Å². The Morgan fingerprint density at radius 3 is 1.11 bits per heavy atom. The third kappa shape index (κ3) is 13.2. The van der Waals surface area contributed by atoms with Crippen LogP contribution in [0.3, 0.4) is 0 Å². The average molecular weight is 563 g/mol. The number of aliphatic carboxylic acids is 6. The van der Waals surface area contributed by atoms with Crippen molar-refractivity contribution in [1.29, 1.82) is 0 Å². The number of rotatable bonds is 15. The Morgan fingerprint density at radius 1 is 0.571 bits per heavy atom. The molecule has 0 amide bonds. The van der Waals surface area contributed by atoms with Gasteiger partial charge in [0, 0.05) is 0 Å². The summed E-state index contributed by atoms with van der Waals surface area (Å²) in [5, 5.41) is 63.3. The van der Waals surface area contributed by atoms with Gasteiger partial charge in [0.1, 0.15) is 0 Å². The molecule has 0 aliphatic heterocycles. The minimum atomic E-state index is -3.20. The number of hydrogen-bond acceptors (Lipinski definition) is 11. The van der Waals surface area contributed by atoms with Crippen LogP contribution in [0.15, 0.2) is 0 Å². The Labute approximate surface area is 279 Å². The van der Waals surface area contributed by atoms with Crippen molar-refractivity contribution in [2.24, 2.45) is 0 Å². The first-order chi connectivity index (χ1) is 15.0. The fourth-order valence-corrected chi connectivity index (χ4v) is 2.40. The quantitative estimate of drug-likeness (QED) is 0.0740. The number of esters is 2. The van der Waals surface area contributed by atoms with Crippen molar-refractivity contribution >= 4 is 151 Å². The molecule has 0 aromatic rings. The Balaban J connectivity index is -0.00000512. The summed E-state index contributed by atoms with van der Waals surface area (Å²) in [5.74, 6) is -15.9. The molecular weight excluding hydrogens is 542 g/mol. The summed E-state index contributed by atoms with van der Waals surface area (Å²) in [4.78, 5) is 90.3. The molecule has 0 rings (SSSR count). The third-order valence-corrected chi connectivity index (χ3v) is 3.76. The first-order valence-corrected chi connectivity index (χ1v) is 8.43. The van der Waals surface area contributed by atoms with Crippen molar-refractivity contribution in [2.75, 3.05) is 0 Å². The van der Waals surface area contributed by atoms with Crippen molar-refractivity contribution in [3.63, 3.8) is 0 Å². The fraction of sp³-hybridized carbons (Fsp3) is 0.500. The molecular formula is C16H20K2O17. The van der Waals surface area contributed by atoms with Crippen LogP contribution < -0.4 is 0 Å². The monoisotopic (exact) mass is 562 g/mol. The number of carboxylic acid groups (broad SMARTS) is 6. The van der Waals surface area contributed by atoms with Crippen molar-refractivity contribution in [1.82, 2.24) is 0 Å². The molecule has 0 heterocycles. The van der Waals surface area contributed by atoms with Gasteiger partial charge in [0.2, 0.25) is 11.2 Å². The molecule has 1 unspecified atom stereocenters. The Kier molecular flexibility index (Phi) is 18.4. The minimum absolute atomic E-state index is 0. The van der Waals surface area contributed by atoms with Gasteiger partial charge in [0.25, 0.3) is 0 Å². The fourth-order valence-electron chi connectivity index (χ4n) is 2.40. The Morgan fingerprint density at radius 2 is 0.857 bits per heavy atom. The molecule has 0 aromatic carbocycles. The van der Waals surface area contributed by atoms with Crippen LogP contribution in [0.1, 0.15) is 32.1 Å².